The van der Waals surface area contributed by atoms with Crippen molar-refractivity contribution in [1.29, 1.82) is 0 Å². The zero-order valence-corrected chi connectivity index (χ0v) is 13.5. The highest BCUT2D eigenvalue weighted by Gasteiger charge is 2.36. The number of aliphatic hydroxyl groups excluding tert-OH is 1. The van der Waals surface area contributed by atoms with Crippen molar-refractivity contribution in [2.45, 2.75) is 39.7 Å². The highest BCUT2D eigenvalue weighted by atomic mass is 16.5. The summed E-state index contributed by atoms with van der Waals surface area (Å²) in [5.74, 6) is 2.01. The molecule has 4 heteroatoms. The number of hydrogen-bond acceptors (Lipinski definition) is 4. The average molecular weight is 293 g/mol. The van der Waals surface area contributed by atoms with Crippen molar-refractivity contribution in [3.05, 3.63) is 18.2 Å². The van der Waals surface area contributed by atoms with E-state index in [2.05, 4.69) is 26.1 Å². The second-order valence-corrected chi connectivity index (χ2v) is 6.74. The predicted octanol–water partition coefficient (Wildman–Crippen LogP) is 3.30. The van der Waals surface area contributed by atoms with Crippen molar-refractivity contribution < 1.29 is 14.6 Å². The number of aliphatic hydroxyl groups is 1. The molecule has 1 aliphatic rings. The minimum Gasteiger partial charge on any atom is -0.493 e. The Balaban J connectivity index is 2.10. The number of nitrogens with one attached hydrogen (secondary N) is 1. The van der Waals surface area contributed by atoms with E-state index < -0.39 is 0 Å². The van der Waals surface area contributed by atoms with Gasteiger partial charge in [-0.1, -0.05) is 20.8 Å². The SMILES string of the molecule is COc1ccc(NC2CC(C)(C)CC2C)cc1OCCO. The maximum atomic E-state index is 8.90. The summed E-state index contributed by atoms with van der Waals surface area (Å²) in [6.45, 7) is 7.23. The van der Waals surface area contributed by atoms with Crippen molar-refractivity contribution in [2.24, 2.45) is 11.3 Å². The normalized spacial score (nSPS) is 23.9. The fourth-order valence-electron chi connectivity index (χ4n) is 3.34. The zero-order valence-electron chi connectivity index (χ0n) is 13.5. The van der Waals surface area contributed by atoms with Crippen molar-refractivity contribution in [2.75, 3.05) is 25.6 Å². The molecule has 21 heavy (non-hydrogen) atoms. The van der Waals surface area contributed by atoms with E-state index in [4.69, 9.17) is 14.6 Å². The van der Waals surface area contributed by atoms with Gasteiger partial charge in [0.25, 0.3) is 0 Å². The summed E-state index contributed by atoms with van der Waals surface area (Å²) in [5, 5.41) is 12.5. The third kappa shape index (κ3) is 4.03. The molecule has 1 saturated carbocycles. The zero-order chi connectivity index (χ0) is 15.5. The Hall–Kier alpha value is -1.42. The Kier molecular flexibility index (Phi) is 4.99. The second-order valence-electron chi connectivity index (χ2n) is 6.74. The molecule has 0 bridgehead atoms. The first-order valence-electron chi connectivity index (χ1n) is 7.63. The quantitative estimate of drug-likeness (QED) is 0.845. The van der Waals surface area contributed by atoms with Gasteiger partial charge in [0, 0.05) is 17.8 Å². The van der Waals surface area contributed by atoms with Gasteiger partial charge < -0.3 is 19.9 Å². The summed E-state index contributed by atoms with van der Waals surface area (Å²) < 4.78 is 10.8. The molecule has 0 aliphatic heterocycles. The van der Waals surface area contributed by atoms with Crippen molar-refractivity contribution in [3.8, 4) is 11.5 Å². The number of anilines is 1. The molecule has 4 nitrogen and oxygen atoms in total. The molecule has 118 valence electrons. The number of rotatable bonds is 6. The molecule has 1 aromatic carbocycles. The number of methoxy groups -OCH3 is 1. The van der Waals surface area contributed by atoms with Crippen LogP contribution in [0.3, 0.4) is 0 Å². The molecule has 2 atom stereocenters. The Morgan fingerprint density at radius 2 is 2.05 bits per heavy atom. The smallest absolute Gasteiger partial charge is 0.163 e. The van der Waals surface area contributed by atoms with Crippen LogP contribution < -0.4 is 14.8 Å². The molecule has 1 fully saturated rings. The van der Waals surface area contributed by atoms with Gasteiger partial charge >= 0.3 is 0 Å². The maximum Gasteiger partial charge on any atom is 0.163 e. The molecule has 1 aliphatic carbocycles. The van der Waals surface area contributed by atoms with Gasteiger partial charge in [0.05, 0.1) is 13.7 Å². The summed E-state index contributed by atoms with van der Waals surface area (Å²) in [5.41, 5.74) is 1.44. The molecule has 0 aromatic heterocycles. The summed E-state index contributed by atoms with van der Waals surface area (Å²) in [6, 6.07) is 6.36. The molecule has 0 heterocycles. The largest absolute Gasteiger partial charge is 0.493 e. The lowest BCUT2D eigenvalue weighted by molar-refractivity contribution is 0.196. The van der Waals surface area contributed by atoms with Crippen molar-refractivity contribution >= 4 is 5.69 Å². The lowest BCUT2D eigenvalue weighted by atomic mass is 9.91. The summed E-state index contributed by atoms with van der Waals surface area (Å²) in [7, 11) is 1.62. The Bertz CT molecular complexity index is 473. The van der Waals surface area contributed by atoms with E-state index >= 15 is 0 Å². The van der Waals surface area contributed by atoms with Gasteiger partial charge in [-0.15, -0.1) is 0 Å². The fraction of sp³-hybridized carbons (Fsp3) is 0.647. The third-order valence-electron chi connectivity index (χ3n) is 4.20. The molecule has 0 saturated heterocycles. The number of ether oxygens (including phenoxy) is 2. The summed E-state index contributed by atoms with van der Waals surface area (Å²) in [4.78, 5) is 0. The van der Waals surface area contributed by atoms with Gasteiger partial charge in [0.15, 0.2) is 11.5 Å². The van der Waals surface area contributed by atoms with Gasteiger partial charge in [-0.3, -0.25) is 0 Å². The first kappa shape index (κ1) is 16.0. The highest BCUT2D eigenvalue weighted by Crippen LogP contribution is 2.42. The van der Waals surface area contributed by atoms with Crippen LogP contribution in [0.5, 0.6) is 11.5 Å². The van der Waals surface area contributed by atoms with Crippen LogP contribution in [0.15, 0.2) is 18.2 Å². The van der Waals surface area contributed by atoms with Gasteiger partial charge in [0.2, 0.25) is 0 Å². The van der Waals surface area contributed by atoms with Gasteiger partial charge in [-0.2, -0.15) is 0 Å². The Morgan fingerprint density at radius 1 is 1.29 bits per heavy atom. The minimum absolute atomic E-state index is 0.00530. The van der Waals surface area contributed by atoms with E-state index in [0.717, 1.165) is 5.69 Å². The first-order valence-corrected chi connectivity index (χ1v) is 7.63. The van der Waals surface area contributed by atoms with Crippen LogP contribution in [0, 0.1) is 11.3 Å². The van der Waals surface area contributed by atoms with Crippen LogP contribution in [0.2, 0.25) is 0 Å². The molecule has 2 rings (SSSR count). The topological polar surface area (TPSA) is 50.7 Å². The lowest BCUT2D eigenvalue weighted by Gasteiger charge is -2.21. The maximum absolute atomic E-state index is 8.90. The van der Waals surface area contributed by atoms with Crippen LogP contribution in [-0.4, -0.2) is 31.5 Å². The van der Waals surface area contributed by atoms with Gasteiger partial charge in [-0.25, -0.2) is 0 Å². The van der Waals surface area contributed by atoms with E-state index in [-0.39, 0.29) is 13.2 Å². The molecule has 1 aromatic rings. The molecular weight excluding hydrogens is 266 g/mol. The predicted molar refractivity (Wildman–Crippen MR) is 85.2 cm³/mol. The monoisotopic (exact) mass is 293 g/mol. The van der Waals surface area contributed by atoms with E-state index in [1.807, 2.05) is 18.2 Å². The number of hydrogen-bond donors (Lipinski definition) is 2. The molecule has 0 amide bonds. The number of benzene rings is 1. The first-order chi connectivity index (χ1) is 9.95. The van der Waals surface area contributed by atoms with Crippen LogP contribution >= 0.6 is 0 Å². The summed E-state index contributed by atoms with van der Waals surface area (Å²) in [6.07, 6.45) is 2.42. The van der Waals surface area contributed by atoms with Crippen LogP contribution in [0.25, 0.3) is 0 Å². The molecule has 2 N–H and O–H groups in total. The standard InChI is InChI=1S/C17H27NO3/c1-12-10-17(2,3)11-14(12)18-13-5-6-15(20-4)16(9-13)21-8-7-19/h5-6,9,12,14,18-19H,7-8,10-11H2,1-4H3. The average Bonchev–Trinajstić information content (AvgIpc) is 2.69. The van der Waals surface area contributed by atoms with Gasteiger partial charge in [-0.05, 0) is 36.3 Å². The fourth-order valence-corrected chi connectivity index (χ4v) is 3.34. The van der Waals surface area contributed by atoms with E-state index in [1.54, 1.807) is 7.11 Å². The molecular formula is C17H27NO3. The van der Waals surface area contributed by atoms with Crippen molar-refractivity contribution in [1.82, 2.24) is 0 Å². The Morgan fingerprint density at radius 3 is 2.62 bits per heavy atom. The minimum atomic E-state index is -0.00530. The van der Waals surface area contributed by atoms with E-state index in [9.17, 15) is 0 Å². The van der Waals surface area contributed by atoms with Gasteiger partial charge in [0.1, 0.15) is 6.61 Å². The van der Waals surface area contributed by atoms with Crippen molar-refractivity contribution in [3.63, 3.8) is 0 Å². The lowest BCUT2D eigenvalue weighted by Crippen LogP contribution is -2.22. The van der Waals surface area contributed by atoms with Crippen LogP contribution in [-0.2, 0) is 0 Å². The second kappa shape index (κ2) is 6.56. The van der Waals surface area contributed by atoms with E-state index in [1.165, 1.54) is 12.8 Å². The molecule has 0 spiro atoms. The summed E-state index contributed by atoms with van der Waals surface area (Å²) >= 11 is 0. The van der Waals surface area contributed by atoms with Crippen LogP contribution in [0.4, 0.5) is 5.69 Å². The highest BCUT2D eigenvalue weighted by molar-refractivity contribution is 5.55. The Labute approximate surface area is 127 Å². The molecule has 0 radical (unpaired) electrons. The third-order valence-corrected chi connectivity index (χ3v) is 4.20. The van der Waals surface area contributed by atoms with Crippen LogP contribution in [0.1, 0.15) is 33.6 Å². The molecule has 2 unspecified atom stereocenters. The van der Waals surface area contributed by atoms with E-state index in [0.29, 0.717) is 28.9 Å².